The van der Waals surface area contributed by atoms with Gasteiger partial charge in [-0.3, -0.25) is 15.8 Å². The van der Waals surface area contributed by atoms with Crippen molar-refractivity contribution >= 4 is 15.9 Å². The highest BCUT2D eigenvalue weighted by Gasteiger charge is 2.28. The normalized spacial score (nSPS) is 31.6. The maximum absolute atomic E-state index is 5.95. The van der Waals surface area contributed by atoms with Crippen LogP contribution in [0.15, 0.2) is 28.7 Å². The van der Waals surface area contributed by atoms with Crippen LogP contribution in [0.3, 0.4) is 0 Å². The third kappa shape index (κ3) is 3.40. The quantitative estimate of drug-likeness (QED) is 0.882. The molecule has 0 saturated carbocycles. The Morgan fingerprint density at radius 3 is 3.10 bits per heavy atom. The summed E-state index contributed by atoms with van der Waals surface area (Å²) in [6, 6.07) is 8.99. The van der Waals surface area contributed by atoms with Crippen molar-refractivity contribution in [1.29, 1.82) is 0 Å². The van der Waals surface area contributed by atoms with Crippen molar-refractivity contribution < 1.29 is 4.74 Å². The minimum Gasteiger partial charge on any atom is -0.371 e. The Morgan fingerprint density at radius 1 is 1.45 bits per heavy atom. The SMILES string of the molecule is CC1NNCC1CN1CCOC(c2cccc(Br)c2)C1. The average Bonchev–Trinajstić information content (AvgIpc) is 2.85. The topological polar surface area (TPSA) is 36.5 Å². The molecular weight excluding hydrogens is 318 g/mol. The van der Waals surface area contributed by atoms with Crippen LogP contribution in [0.1, 0.15) is 18.6 Å². The first-order chi connectivity index (χ1) is 9.72. The van der Waals surface area contributed by atoms with Gasteiger partial charge in [0.05, 0.1) is 12.7 Å². The molecule has 2 N–H and O–H groups in total. The van der Waals surface area contributed by atoms with Crippen molar-refractivity contribution in [3.63, 3.8) is 0 Å². The molecule has 0 radical (unpaired) electrons. The second-order valence-corrected chi connectivity index (χ2v) is 6.66. The minimum absolute atomic E-state index is 0.193. The largest absolute Gasteiger partial charge is 0.371 e. The van der Waals surface area contributed by atoms with Gasteiger partial charge in [0.2, 0.25) is 0 Å². The van der Waals surface area contributed by atoms with Gasteiger partial charge in [0.1, 0.15) is 0 Å². The third-order valence-electron chi connectivity index (χ3n) is 4.26. The maximum Gasteiger partial charge on any atom is 0.0952 e. The summed E-state index contributed by atoms with van der Waals surface area (Å²) in [6.45, 7) is 7.28. The Kier molecular flexibility index (Phi) is 4.73. The molecule has 2 heterocycles. The number of ether oxygens (including phenoxy) is 1. The van der Waals surface area contributed by atoms with Crippen LogP contribution in [-0.2, 0) is 4.74 Å². The predicted octanol–water partition coefficient (Wildman–Crippen LogP) is 1.93. The summed E-state index contributed by atoms with van der Waals surface area (Å²) >= 11 is 3.54. The van der Waals surface area contributed by atoms with Gasteiger partial charge < -0.3 is 4.74 Å². The van der Waals surface area contributed by atoms with Gasteiger partial charge in [-0.25, -0.2) is 0 Å². The van der Waals surface area contributed by atoms with Crippen LogP contribution in [0.5, 0.6) is 0 Å². The lowest BCUT2D eigenvalue weighted by Crippen LogP contribution is -2.43. The zero-order valence-electron chi connectivity index (χ0n) is 11.8. The van der Waals surface area contributed by atoms with Gasteiger partial charge in [0.15, 0.2) is 0 Å². The molecule has 110 valence electrons. The smallest absolute Gasteiger partial charge is 0.0952 e. The highest BCUT2D eigenvalue weighted by Crippen LogP contribution is 2.25. The molecule has 0 aromatic heterocycles. The Hall–Kier alpha value is -0.460. The van der Waals surface area contributed by atoms with E-state index in [1.54, 1.807) is 0 Å². The van der Waals surface area contributed by atoms with Crippen molar-refractivity contribution in [3.8, 4) is 0 Å². The molecule has 0 bridgehead atoms. The molecule has 3 unspecified atom stereocenters. The number of benzene rings is 1. The zero-order valence-corrected chi connectivity index (χ0v) is 13.4. The average molecular weight is 340 g/mol. The number of hydrogen-bond acceptors (Lipinski definition) is 4. The number of rotatable bonds is 3. The van der Waals surface area contributed by atoms with Gasteiger partial charge in [0, 0.05) is 42.6 Å². The van der Waals surface area contributed by atoms with Gasteiger partial charge in [0.25, 0.3) is 0 Å². The van der Waals surface area contributed by atoms with E-state index in [0.717, 1.165) is 37.3 Å². The number of nitrogens with zero attached hydrogens (tertiary/aromatic N) is 1. The molecule has 3 atom stereocenters. The van der Waals surface area contributed by atoms with Crippen LogP contribution in [0, 0.1) is 5.92 Å². The molecule has 1 aromatic rings. The van der Waals surface area contributed by atoms with Crippen molar-refractivity contribution in [1.82, 2.24) is 15.8 Å². The van der Waals surface area contributed by atoms with Crippen LogP contribution in [0.2, 0.25) is 0 Å². The Labute approximate surface area is 129 Å². The van der Waals surface area contributed by atoms with Gasteiger partial charge >= 0.3 is 0 Å². The lowest BCUT2D eigenvalue weighted by atomic mass is 10.0. The predicted molar refractivity (Wildman–Crippen MR) is 83.4 cm³/mol. The van der Waals surface area contributed by atoms with Gasteiger partial charge in [-0.2, -0.15) is 0 Å². The summed E-state index contributed by atoms with van der Waals surface area (Å²) in [5.41, 5.74) is 7.81. The van der Waals surface area contributed by atoms with E-state index in [2.05, 4.69) is 62.9 Å². The molecular formula is C15H22BrN3O. The first-order valence-corrected chi connectivity index (χ1v) is 8.09. The Balaban J connectivity index is 1.61. The summed E-state index contributed by atoms with van der Waals surface area (Å²) in [6.07, 6.45) is 0.193. The fourth-order valence-electron chi connectivity index (χ4n) is 2.98. The Morgan fingerprint density at radius 2 is 2.35 bits per heavy atom. The van der Waals surface area contributed by atoms with Crippen LogP contribution in [0.4, 0.5) is 0 Å². The zero-order chi connectivity index (χ0) is 13.9. The Bertz CT molecular complexity index is 456. The highest BCUT2D eigenvalue weighted by atomic mass is 79.9. The molecule has 2 fully saturated rings. The second-order valence-electron chi connectivity index (χ2n) is 5.75. The van der Waals surface area contributed by atoms with E-state index in [0.29, 0.717) is 12.0 Å². The summed E-state index contributed by atoms with van der Waals surface area (Å²) in [5.74, 6) is 0.677. The van der Waals surface area contributed by atoms with E-state index in [1.807, 2.05) is 0 Å². The van der Waals surface area contributed by atoms with Crippen molar-refractivity contribution in [2.75, 3.05) is 32.8 Å². The van der Waals surface area contributed by atoms with Crippen molar-refractivity contribution in [2.24, 2.45) is 5.92 Å². The number of hydrazine groups is 1. The first kappa shape index (κ1) is 14.5. The lowest BCUT2D eigenvalue weighted by Gasteiger charge is -2.35. The summed E-state index contributed by atoms with van der Waals surface area (Å²) in [4.78, 5) is 2.53. The lowest BCUT2D eigenvalue weighted by molar-refractivity contribution is -0.0343. The van der Waals surface area contributed by atoms with E-state index in [9.17, 15) is 0 Å². The molecule has 1 aromatic carbocycles. The van der Waals surface area contributed by atoms with Gasteiger partial charge in [-0.05, 0) is 24.6 Å². The first-order valence-electron chi connectivity index (χ1n) is 7.30. The fourth-order valence-corrected chi connectivity index (χ4v) is 3.39. The van der Waals surface area contributed by atoms with Gasteiger partial charge in [-0.1, -0.05) is 28.1 Å². The minimum atomic E-state index is 0.193. The van der Waals surface area contributed by atoms with E-state index < -0.39 is 0 Å². The van der Waals surface area contributed by atoms with Crippen molar-refractivity contribution in [3.05, 3.63) is 34.3 Å². The number of morpholine rings is 1. The molecule has 2 aliphatic heterocycles. The molecule has 3 rings (SSSR count). The van der Waals surface area contributed by atoms with Gasteiger partial charge in [-0.15, -0.1) is 0 Å². The summed E-state index contributed by atoms with van der Waals surface area (Å²) in [5, 5.41) is 0. The van der Waals surface area contributed by atoms with Crippen LogP contribution in [0.25, 0.3) is 0 Å². The molecule has 20 heavy (non-hydrogen) atoms. The van der Waals surface area contributed by atoms with E-state index in [-0.39, 0.29) is 6.10 Å². The summed E-state index contributed by atoms with van der Waals surface area (Å²) in [7, 11) is 0. The van der Waals surface area contributed by atoms with E-state index in [4.69, 9.17) is 4.74 Å². The number of halogens is 1. The van der Waals surface area contributed by atoms with E-state index in [1.165, 1.54) is 5.56 Å². The molecule has 2 aliphatic rings. The molecule has 0 spiro atoms. The fraction of sp³-hybridized carbons (Fsp3) is 0.600. The standard InChI is InChI=1S/C15H22BrN3O/c1-11-13(8-17-18-11)9-19-5-6-20-15(10-19)12-3-2-4-14(16)7-12/h2-4,7,11,13,15,17-18H,5-6,8-10H2,1H3. The molecule has 0 amide bonds. The summed E-state index contributed by atoms with van der Waals surface area (Å²) < 4.78 is 7.07. The monoisotopic (exact) mass is 339 g/mol. The molecule has 2 saturated heterocycles. The highest BCUT2D eigenvalue weighted by molar-refractivity contribution is 9.10. The number of nitrogens with one attached hydrogen (secondary N) is 2. The number of hydrogen-bond donors (Lipinski definition) is 2. The third-order valence-corrected chi connectivity index (χ3v) is 4.76. The van der Waals surface area contributed by atoms with Crippen LogP contribution in [-0.4, -0.2) is 43.7 Å². The molecule has 0 aliphatic carbocycles. The maximum atomic E-state index is 5.95. The van der Waals surface area contributed by atoms with Crippen LogP contribution >= 0.6 is 15.9 Å². The van der Waals surface area contributed by atoms with E-state index >= 15 is 0 Å². The molecule has 5 heteroatoms. The second kappa shape index (κ2) is 6.54. The van der Waals surface area contributed by atoms with Crippen LogP contribution < -0.4 is 10.9 Å². The van der Waals surface area contributed by atoms with Crippen molar-refractivity contribution in [2.45, 2.75) is 19.1 Å². The molecule has 4 nitrogen and oxygen atoms in total.